The largest absolute Gasteiger partial charge is 0.497 e. The van der Waals surface area contributed by atoms with E-state index >= 15 is 0 Å². The van der Waals surface area contributed by atoms with Crippen molar-refractivity contribution in [2.75, 3.05) is 33.3 Å². The number of ether oxygens (including phenoxy) is 1. The number of aliphatic hydroxyl groups excluding tert-OH is 1. The van der Waals surface area contributed by atoms with Crippen LogP contribution in [0.25, 0.3) is 0 Å². The first-order valence-electron chi connectivity index (χ1n) is 9.56. The van der Waals surface area contributed by atoms with Crippen LogP contribution in [0.4, 0.5) is 0 Å². The predicted molar refractivity (Wildman–Crippen MR) is 101 cm³/mol. The fourth-order valence-corrected chi connectivity index (χ4v) is 4.11. The lowest BCUT2D eigenvalue weighted by molar-refractivity contribution is 0.186. The zero-order chi connectivity index (χ0) is 17.6. The van der Waals surface area contributed by atoms with Crippen molar-refractivity contribution in [3.8, 4) is 5.75 Å². The molecule has 2 N–H and O–H groups in total. The summed E-state index contributed by atoms with van der Waals surface area (Å²) in [6.45, 7) is 5.53. The van der Waals surface area contributed by atoms with Crippen molar-refractivity contribution in [1.82, 2.24) is 10.2 Å². The number of hydrogen-bond acceptors (Lipinski definition) is 3. The van der Waals surface area contributed by atoms with Gasteiger partial charge >= 0.3 is 0 Å². The minimum absolute atomic E-state index is 0.375. The highest BCUT2D eigenvalue weighted by Gasteiger charge is 2.35. The Balaban J connectivity index is 1.63. The van der Waals surface area contributed by atoms with Gasteiger partial charge in [0.05, 0.1) is 19.8 Å². The molecule has 1 aliphatic heterocycles. The summed E-state index contributed by atoms with van der Waals surface area (Å²) in [6, 6.07) is 7.55. The van der Waals surface area contributed by atoms with Crippen LogP contribution in [0.1, 0.15) is 44.3 Å². The number of nitrogens with one attached hydrogen (secondary N) is 1. The molecule has 2 fully saturated rings. The Bertz CT molecular complexity index is 559. The Hall–Kier alpha value is -1.75. The molecule has 138 valence electrons. The number of benzene rings is 1. The maximum atomic E-state index is 10.5. The van der Waals surface area contributed by atoms with E-state index in [1.54, 1.807) is 7.11 Å². The highest BCUT2D eigenvalue weighted by Crippen LogP contribution is 2.36. The summed E-state index contributed by atoms with van der Waals surface area (Å²) in [4.78, 5) is 7.12. The van der Waals surface area contributed by atoms with E-state index in [-0.39, 0.29) is 0 Å². The first-order valence-corrected chi connectivity index (χ1v) is 9.56. The van der Waals surface area contributed by atoms with Gasteiger partial charge in [-0.25, -0.2) is 0 Å². The van der Waals surface area contributed by atoms with Crippen molar-refractivity contribution in [2.45, 2.75) is 38.7 Å². The van der Waals surface area contributed by atoms with Crippen molar-refractivity contribution in [1.29, 1.82) is 0 Å². The van der Waals surface area contributed by atoms with Crippen LogP contribution < -0.4 is 10.1 Å². The van der Waals surface area contributed by atoms with Gasteiger partial charge in [0.25, 0.3) is 0 Å². The highest BCUT2D eigenvalue weighted by atomic mass is 16.5. The van der Waals surface area contributed by atoms with Gasteiger partial charge in [0.1, 0.15) is 5.75 Å². The number of fused-ring (bicyclic) bond motifs is 1. The van der Waals surface area contributed by atoms with Crippen LogP contribution in [0.3, 0.4) is 0 Å². The van der Waals surface area contributed by atoms with E-state index < -0.39 is 6.10 Å². The molecule has 3 atom stereocenters. The number of methoxy groups -OCH3 is 1. The van der Waals surface area contributed by atoms with E-state index in [4.69, 9.17) is 9.73 Å². The molecule has 1 heterocycles. The molecule has 3 unspecified atom stereocenters. The molecule has 25 heavy (non-hydrogen) atoms. The molecule has 0 aromatic heterocycles. The second kappa shape index (κ2) is 8.56. The minimum atomic E-state index is -0.593. The second-order valence-corrected chi connectivity index (χ2v) is 7.19. The number of aliphatic imine (C=N–C) groups is 1. The molecule has 1 aliphatic carbocycles. The fraction of sp³-hybridized carbons (Fsp3) is 0.650. The first-order chi connectivity index (χ1) is 12.2. The summed E-state index contributed by atoms with van der Waals surface area (Å²) in [7, 11) is 1.64. The van der Waals surface area contributed by atoms with Crippen molar-refractivity contribution in [3.05, 3.63) is 29.8 Å². The molecular formula is C20H31N3O2. The number of nitrogens with zero attached hydrogens (tertiary/aromatic N) is 2. The third-order valence-corrected chi connectivity index (χ3v) is 5.53. The van der Waals surface area contributed by atoms with Crippen LogP contribution in [-0.4, -0.2) is 49.3 Å². The van der Waals surface area contributed by atoms with Crippen molar-refractivity contribution >= 4 is 5.96 Å². The maximum Gasteiger partial charge on any atom is 0.194 e. The lowest BCUT2D eigenvalue weighted by Gasteiger charge is -2.22. The maximum absolute atomic E-state index is 10.5. The standard InChI is InChI=1S/C20H31N3O2/c1-3-21-20(23-13-16-6-4-5-7-17(16)14-23)22-12-19(24)15-8-10-18(25-2)11-9-15/h8-11,16-17,19,24H,3-7,12-14H2,1-2H3,(H,21,22). The van der Waals surface area contributed by atoms with Crippen LogP contribution in [0.15, 0.2) is 29.3 Å². The van der Waals surface area contributed by atoms with E-state index in [1.807, 2.05) is 24.3 Å². The summed E-state index contributed by atoms with van der Waals surface area (Å²) in [6.07, 6.45) is 4.87. The van der Waals surface area contributed by atoms with Crippen LogP contribution >= 0.6 is 0 Å². The molecule has 5 nitrogen and oxygen atoms in total. The number of rotatable bonds is 5. The lowest BCUT2D eigenvalue weighted by Crippen LogP contribution is -2.40. The fourth-order valence-electron chi connectivity index (χ4n) is 4.11. The van der Waals surface area contributed by atoms with Crippen LogP contribution in [0, 0.1) is 11.8 Å². The Morgan fingerprint density at radius 1 is 1.24 bits per heavy atom. The van der Waals surface area contributed by atoms with Gasteiger partial charge in [0.2, 0.25) is 0 Å². The smallest absolute Gasteiger partial charge is 0.194 e. The van der Waals surface area contributed by atoms with E-state index in [0.29, 0.717) is 6.54 Å². The molecule has 0 bridgehead atoms. The molecule has 2 aliphatic rings. The topological polar surface area (TPSA) is 57.1 Å². The average Bonchev–Trinajstić information content (AvgIpc) is 3.09. The van der Waals surface area contributed by atoms with Crippen molar-refractivity contribution in [2.24, 2.45) is 16.8 Å². The summed E-state index contributed by atoms with van der Waals surface area (Å²) in [5.41, 5.74) is 0.871. The molecular weight excluding hydrogens is 314 g/mol. The zero-order valence-electron chi connectivity index (χ0n) is 15.4. The molecule has 1 aromatic carbocycles. The lowest BCUT2D eigenvalue weighted by atomic mass is 9.82. The SMILES string of the molecule is CCNC(=NCC(O)c1ccc(OC)cc1)N1CC2CCCCC2C1. The summed E-state index contributed by atoms with van der Waals surface area (Å²) in [5, 5.41) is 13.9. The molecule has 1 saturated carbocycles. The van der Waals surface area contributed by atoms with E-state index in [1.165, 1.54) is 25.7 Å². The van der Waals surface area contributed by atoms with Gasteiger partial charge in [-0.05, 0) is 49.3 Å². The molecule has 0 spiro atoms. The second-order valence-electron chi connectivity index (χ2n) is 7.19. The Morgan fingerprint density at radius 3 is 2.44 bits per heavy atom. The Kier molecular flexibility index (Phi) is 6.19. The first kappa shape index (κ1) is 18.1. The number of hydrogen-bond donors (Lipinski definition) is 2. The number of likely N-dealkylation sites (tertiary alicyclic amines) is 1. The van der Waals surface area contributed by atoms with Gasteiger partial charge in [0, 0.05) is 19.6 Å². The Labute approximate surface area is 151 Å². The van der Waals surface area contributed by atoms with Gasteiger partial charge in [-0.1, -0.05) is 25.0 Å². The molecule has 5 heteroatoms. The summed E-state index contributed by atoms with van der Waals surface area (Å²) < 4.78 is 5.17. The molecule has 3 rings (SSSR count). The third-order valence-electron chi connectivity index (χ3n) is 5.53. The van der Waals surface area contributed by atoms with Gasteiger partial charge in [-0.2, -0.15) is 0 Å². The Morgan fingerprint density at radius 2 is 1.88 bits per heavy atom. The highest BCUT2D eigenvalue weighted by molar-refractivity contribution is 5.80. The molecule has 1 aromatic rings. The van der Waals surface area contributed by atoms with Crippen LogP contribution in [0.2, 0.25) is 0 Å². The quantitative estimate of drug-likeness (QED) is 0.636. The van der Waals surface area contributed by atoms with Crippen LogP contribution in [-0.2, 0) is 0 Å². The average molecular weight is 345 g/mol. The minimum Gasteiger partial charge on any atom is -0.497 e. The van der Waals surface area contributed by atoms with Crippen molar-refractivity contribution < 1.29 is 9.84 Å². The predicted octanol–water partition coefficient (Wildman–Crippen LogP) is 2.82. The molecule has 0 radical (unpaired) electrons. The van der Waals surface area contributed by atoms with Gasteiger partial charge < -0.3 is 20.1 Å². The monoisotopic (exact) mass is 345 g/mol. The van der Waals surface area contributed by atoms with Gasteiger partial charge in [-0.15, -0.1) is 0 Å². The van der Waals surface area contributed by atoms with Crippen LogP contribution in [0.5, 0.6) is 5.75 Å². The third kappa shape index (κ3) is 4.46. The van der Waals surface area contributed by atoms with Gasteiger partial charge in [-0.3, -0.25) is 4.99 Å². The number of guanidine groups is 1. The number of aliphatic hydroxyl groups is 1. The van der Waals surface area contributed by atoms with Crippen molar-refractivity contribution in [3.63, 3.8) is 0 Å². The summed E-state index contributed by atoms with van der Waals surface area (Å²) >= 11 is 0. The van der Waals surface area contributed by atoms with E-state index in [0.717, 1.165) is 48.7 Å². The normalized spacial score (nSPS) is 24.8. The zero-order valence-corrected chi connectivity index (χ0v) is 15.4. The van der Waals surface area contributed by atoms with E-state index in [9.17, 15) is 5.11 Å². The molecule has 1 saturated heterocycles. The molecule has 0 amide bonds. The summed E-state index contributed by atoms with van der Waals surface area (Å²) in [5.74, 6) is 3.39. The van der Waals surface area contributed by atoms with E-state index in [2.05, 4.69) is 17.1 Å². The van der Waals surface area contributed by atoms with Gasteiger partial charge in [0.15, 0.2) is 5.96 Å².